The van der Waals surface area contributed by atoms with E-state index in [4.69, 9.17) is 4.74 Å². The molecule has 4 saturated carbocycles. The Morgan fingerprint density at radius 2 is 1.26 bits per heavy atom. The number of nitrogens with one attached hydrogen (secondary N) is 2. The molecule has 6 bridgehead atoms. The summed E-state index contributed by atoms with van der Waals surface area (Å²) in [6.45, 7) is 7.76. The van der Waals surface area contributed by atoms with Crippen LogP contribution in [0.3, 0.4) is 0 Å². The van der Waals surface area contributed by atoms with E-state index in [1.165, 1.54) is 103 Å². The van der Waals surface area contributed by atoms with Crippen LogP contribution in [-0.4, -0.2) is 295 Å². The van der Waals surface area contributed by atoms with E-state index in [2.05, 4.69) is 16.7 Å². The lowest BCUT2D eigenvalue weighted by atomic mass is 9.57. The average Bonchev–Trinajstić information content (AvgIpc) is 0.815. The first-order chi connectivity index (χ1) is 50.8. The average molecular weight is 1530 g/mol. The van der Waals surface area contributed by atoms with Gasteiger partial charge in [-0.15, -0.1) is 0 Å². The number of carbonyl (C=O) groups excluding carboxylic acids is 12. The van der Waals surface area contributed by atoms with Crippen LogP contribution in [0.15, 0.2) is 24.3 Å². The number of carbonyl (C=O) groups is 12. The molecule has 0 radical (unpaired) electrons. The van der Waals surface area contributed by atoms with Crippen LogP contribution < -0.4 is 10.6 Å². The number of rotatable bonds is 9. The molecule has 30 heteroatoms. The van der Waals surface area contributed by atoms with Crippen molar-refractivity contribution < 1.29 is 84.2 Å². The third-order valence-electron chi connectivity index (χ3n) is 25.0. The minimum atomic E-state index is -5.18. The number of fused-ring (bicyclic) bond motifs is 22. The lowest BCUT2D eigenvalue weighted by molar-refractivity contribution is -0.219. The van der Waals surface area contributed by atoms with E-state index < -0.39 is 217 Å². The van der Waals surface area contributed by atoms with Gasteiger partial charge in [-0.2, -0.15) is 13.2 Å². The molecule has 0 aromatic heterocycles. The third kappa shape index (κ3) is 19.9. The number of likely N-dealkylation sites (N-methyl/N-ethyl adjacent to an activating group) is 8. The molecule has 1 spiro atoms. The van der Waals surface area contributed by atoms with Gasteiger partial charge in [-0.1, -0.05) is 71.3 Å². The summed E-state index contributed by atoms with van der Waals surface area (Å²) in [7, 11) is 12.9. The van der Waals surface area contributed by atoms with Crippen LogP contribution in [0.4, 0.5) is 22.0 Å². The maximum absolute atomic E-state index is 16.0. The minimum Gasteiger partial charge on any atom is -0.377 e. The second-order valence-corrected chi connectivity index (χ2v) is 33.4. The quantitative estimate of drug-likeness (QED) is 0.143. The molecule has 12 amide bonds. The molecule has 0 aromatic carbocycles. The topological polar surface area (TPSA) is 271 Å². The second-order valence-electron chi connectivity index (χ2n) is 33.4. The molecule has 25 nitrogen and oxygen atoms in total. The van der Waals surface area contributed by atoms with Crippen LogP contribution in [0.2, 0.25) is 0 Å². The summed E-state index contributed by atoms with van der Waals surface area (Å²) < 4.78 is 79.4. The highest BCUT2D eigenvalue weighted by Crippen LogP contribution is 2.53. The SMILES string of the molecule is CCO[C@@H]1C[C@H]2C(=O)N(C)C3(CC(C)(C)C3)C(=O)N(C)[C@@H](C3CCCC3)C(=O)N(C)[C@H](C(=O)N(C)C)CC(=O)N(C)[C@H]3CCC/C=C/C4CCC(CC4)C[C@@H](C(=O)N(C)CC(=O)N[C@@H](CCC4CC(F)C(C(F)(F)F)C(F)C4)C(=O)N2C1)N1CC/C=C\C[C@@H](C1=O)N(C)C(=O)CN(C)C(=O)[C@H]([C@@H](C)CC)NC3=O. The molecule has 606 valence electrons. The Labute approximate surface area is 634 Å². The summed E-state index contributed by atoms with van der Waals surface area (Å²) in [5.74, 6) is -13.3. The second kappa shape index (κ2) is 36.7. The van der Waals surface area contributed by atoms with E-state index in [1.54, 1.807) is 19.9 Å². The molecule has 6 heterocycles. The fourth-order valence-electron chi connectivity index (χ4n) is 18.5. The molecule has 2 N–H and O–H groups in total. The summed E-state index contributed by atoms with van der Waals surface area (Å²) in [5, 5.41) is 5.71. The lowest BCUT2D eigenvalue weighted by Crippen LogP contribution is -2.71. The van der Waals surface area contributed by atoms with Gasteiger partial charge in [0.25, 0.3) is 0 Å². The van der Waals surface area contributed by atoms with Gasteiger partial charge in [0.05, 0.1) is 25.6 Å². The first-order valence-electron chi connectivity index (χ1n) is 39.3. The van der Waals surface area contributed by atoms with Crippen molar-refractivity contribution in [3.63, 3.8) is 0 Å². The van der Waals surface area contributed by atoms with E-state index in [9.17, 15) is 32.3 Å². The molecule has 12 atom stereocenters. The van der Waals surface area contributed by atoms with Crippen molar-refractivity contribution in [2.75, 3.05) is 96.2 Å². The van der Waals surface area contributed by atoms with E-state index >= 15 is 47.1 Å². The Bertz CT molecular complexity index is 3310. The minimum absolute atomic E-state index is 0.0133. The number of hydrogen-bond acceptors (Lipinski definition) is 13. The molecule has 4 aliphatic carbocycles. The van der Waals surface area contributed by atoms with Crippen molar-refractivity contribution in [2.45, 2.75) is 261 Å². The fourth-order valence-corrected chi connectivity index (χ4v) is 18.5. The van der Waals surface area contributed by atoms with Gasteiger partial charge in [-0.25, -0.2) is 8.78 Å². The Balaban J connectivity index is 1.27. The number of amides is 12. The fraction of sp³-hybridized carbons (Fsp3) is 0.795. The molecular weight excluding hydrogens is 1410 g/mol. The Morgan fingerprint density at radius 3 is 1.86 bits per heavy atom. The standard InChI is InChI=1S/C78H121F5N12O13/c1-15-47(3)65-73(105)88(9)44-63(98)90(11)57-29-21-18-24-36-94(72(57)104)59-39-49-32-30-48(31-33-49)25-19-17-20-28-56(67(99)85-65)89(10)62(97)41-58(69(101)86(6)7)91(12)74(106)66(51-26-22-23-27-51)92(13)75(107)77(45-76(4,5)46-77)93(14)71(103)60-40-52(108-16-2)42-95(60)68(100)55(84-61(96)43-87(8)70(59)102)35-34-50-37-53(79)64(54(80)38-50)78(81,82)83/h18-19,21,25,47-60,64-66H,15-17,20,22-24,26-46H2,1-14H3,(H,84,96)(H,85,99)/b21-18-,25-19+/t47-,48?,49?,50?,52+,53?,54?,55-,56-,57-,58-,59-,60-,64?,65-,66-/m0/s1. The van der Waals surface area contributed by atoms with Crippen molar-refractivity contribution in [3.8, 4) is 0 Å². The zero-order valence-corrected chi connectivity index (χ0v) is 66.1. The van der Waals surface area contributed by atoms with Crippen molar-refractivity contribution in [3.05, 3.63) is 24.3 Å². The smallest absolute Gasteiger partial charge is 0.377 e. The number of halogens is 5. The zero-order chi connectivity index (χ0) is 79.8. The summed E-state index contributed by atoms with van der Waals surface area (Å²) in [6, 6.07) is -10.7. The molecule has 2 unspecified atom stereocenters. The summed E-state index contributed by atoms with van der Waals surface area (Å²) in [5.41, 5.74) is -2.24. The van der Waals surface area contributed by atoms with Gasteiger partial charge in [0, 0.05) is 89.5 Å². The highest BCUT2D eigenvalue weighted by atomic mass is 19.4. The maximum Gasteiger partial charge on any atom is 0.397 e. The predicted molar refractivity (Wildman–Crippen MR) is 392 cm³/mol. The summed E-state index contributed by atoms with van der Waals surface area (Å²) in [6.07, 6.45) is 0.666. The molecule has 1 saturated heterocycles. The van der Waals surface area contributed by atoms with E-state index in [-0.39, 0.29) is 76.5 Å². The van der Waals surface area contributed by atoms with E-state index in [0.717, 1.165) is 9.80 Å². The van der Waals surface area contributed by atoms with E-state index in [0.29, 0.717) is 77.0 Å². The van der Waals surface area contributed by atoms with Crippen LogP contribution >= 0.6 is 0 Å². The Hall–Kier alpha value is -7.27. The van der Waals surface area contributed by atoms with Crippen LogP contribution in [0.1, 0.15) is 182 Å². The largest absolute Gasteiger partial charge is 0.397 e. The summed E-state index contributed by atoms with van der Waals surface area (Å²) >= 11 is 0. The van der Waals surface area contributed by atoms with Gasteiger partial charge < -0.3 is 64.4 Å². The number of ether oxygens (including phenoxy) is 1. The highest BCUT2D eigenvalue weighted by molar-refractivity contribution is 6.01. The van der Waals surface area contributed by atoms with Crippen molar-refractivity contribution >= 4 is 70.9 Å². The normalized spacial score (nSPS) is 33.3. The van der Waals surface area contributed by atoms with Crippen molar-refractivity contribution in [1.29, 1.82) is 0 Å². The molecule has 10 aliphatic rings. The summed E-state index contributed by atoms with van der Waals surface area (Å²) in [4.78, 5) is 197. The molecule has 10 rings (SSSR count). The maximum atomic E-state index is 16.0. The van der Waals surface area contributed by atoms with Gasteiger partial charge in [0.15, 0.2) is 0 Å². The Morgan fingerprint density at radius 1 is 0.639 bits per heavy atom. The molecule has 0 aromatic rings. The van der Waals surface area contributed by atoms with Gasteiger partial charge in [-0.05, 0) is 158 Å². The number of allylic oxidation sites excluding steroid dienone is 2. The number of nitrogens with zero attached hydrogens (tertiary/aromatic N) is 10. The van der Waals surface area contributed by atoms with Crippen molar-refractivity contribution in [1.82, 2.24) is 59.6 Å². The lowest BCUT2D eigenvalue weighted by Gasteiger charge is -2.58. The highest BCUT2D eigenvalue weighted by Gasteiger charge is 2.62. The first-order valence-corrected chi connectivity index (χ1v) is 39.3. The molecule has 6 aliphatic heterocycles. The van der Waals surface area contributed by atoms with Gasteiger partial charge in [0.1, 0.15) is 72.1 Å². The van der Waals surface area contributed by atoms with E-state index in [1.807, 2.05) is 32.9 Å². The predicted octanol–water partition coefficient (Wildman–Crippen LogP) is 6.46. The number of alkyl halides is 5. The van der Waals surface area contributed by atoms with Gasteiger partial charge >= 0.3 is 6.18 Å². The Kier molecular flexibility index (Phi) is 29.3. The van der Waals surface area contributed by atoms with Crippen LogP contribution in [-0.2, 0) is 62.3 Å². The molecular formula is C78H121F5N12O13. The third-order valence-corrected chi connectivity index (χ3v) is 25.0. The monoisotopic (exact) mass is 1530 g/mol. The first kappa shape index (κ1) is 86.3. The van der Waals surface area contributed by atoms with Crippen LogP contribution in [0.5, 0.6) is 0 Å². The van der Waals surface area contributed by atoms with Gasteiger partial charge in [0.2, 0.25) is 70.9 Å². The van der Waals surface area contributed by atoms with Crippen LogP contribution in [0.25, 0.3) is 0 Å². The zero-order valence-electron chi connectivity index (χ0n) is 66.1. The van der Waals surface area contributed by atoms with Crippen LogP contribution in [0, 0.1) is 40.9 Å². The molecule has 5 fully saturated rings. The molecule has 108 heavy (non-hydrogen) atoms. The van der Waals surface area contributed by atoms with Gasteiger partial charge in [-0.3, -0.25) is 57.5 Å². The van der Waals surface area contributed by atoms with Crippen molar-refractivity contribution in [2.24, 2.45) is 40.9 Å². The number of hydrogen-bond donors (Lipinski definition) is 2.